The van der Waals surface area contributed by atoms with Gasteiger partial charge >= 0.3 is 5.97 Å². The number of hydrogen-bond donors (Lipinski definition) is 8. The summed E-state index contributed by atoms with van der Waals surface area (Å²) >= 11 is 0. The molecule has 0 spiro atoms. The minimum Gasteiger partial charge on any atom is -0.480 e. The SMILES string of the molecule is CC(NC(=O)C(CCCCN)NC(=O)C(CO)NC(=O)C(N)Cc1c[nH]c2ccccc12)C(=O)O. The summed E-state index contributed by atoms with van der Waals surface area (Å²) in [6.07, 6.45) is 3.26. The summed E-state index contributed by atoms with van der Waals surface area (Å²) in [5.41, 5.74) is 13.3. The molecule has 10 N–H and O–H groups in total. The number of nitrogens with one attached hydrogen (secondary N) is 4. The molecule has 0 fully saturated rings. The smallest absolute Gasteiger partial charge is 0.325 e. The van der Waals surface area contributed by atoms with Crippen molar-refractivity contribution in [3.8, 4) is 0 Å². The molecule has 2 aromatic rings. The first kappa shape index (κ1) is 27.8. The first-order valence-corrected chi connectivity index (χ1v) is 11.4. The van der Waals surface area contributed by atoms with E-state index in [1.807, 2.05) is 24.3 Å². The average molecular weight is 491 g/mol. The summed E-state index contributed by atoms with van der Waals surface area (Å²) in [5, 5.41) is 26.8. The highest BCUT2D eigenvalue weighted by Gasteiger charge is 2.29. The quantitative estimate of drug-likeness (QED) is 0.149. The van der Waals surface area contributed by atoms with Gasteiger partial charge < -0.3 is 42.6 Å². The van der Waals surface area contributed by atoms with Gasteiger partial charge in [-0.1, -0.05) is 18.2 Å². The van der Waals surface area contributed by atoms with Gasteiger partial charge in [0.15, 0.2) is 0 Å². The Kier molecular flexibility index (Phi) is 10.6. The molecular formula is C23H34N6O6. The van der Waals surface area contributed by atoms with E-state index in [0.717, 1.165) is 16.5 Å². The zero-order valence-electron chi connectivity index (χ0n) is 19.6. The normalized spacial score (nSPS) is 14.5. The summed E-state index contributed by atoms with van der Waals surface area (Å²) in [7, 11) is 0. The Labute approximate surface area is 202 Å². The minimum absolute atomic E-state index is 0.201. The number of aromatic amines is 1. The molecule has 0 aliphatic rings. The van der Waals surface area contributed by atoms with Gasteiger partial charge in [0.2, 0.25) is 17.7 Å². The van der Waals surface area contributed by atoms with Crippen molar-refractivity contribution in [1.82, 2.24) is 20.9 Å². The lowest BCUT2D eigenvalue weighted by Crippen LogP contribution is -2.58. The van der Waals surface area contributed by atoms with Crippen LogP contribution in [-0.2, 0) is 25.6 Å². The number of hydrogen-bond acceptors (Lipinski definition) is 7. The van der Waals surface area contributed by atoms with Gasteiger partial charge in [0.1, 0.15) is 18.1 Å². The molecule has 3 amide bonds. The van der Waals surface area contributed by atoms with E-state index in [1.54, 1.807) is 6.20 Å². The molecule has 0 aliphatic carbocycles. The van der Waals surface area contributed by atoms with E-state index in [4.69, 9.17) is 16.6 Å². The Morgan fingerprint density at radius 2 is 1.66 bits per heavy atom. The third kappa shape index (κ3) is 8.05. The number of carbonyl (C=O) groups excluding carboxylic acids is 3. The van der Waals surface area contributed by atoms with Crippen LogP contribution in [0.4, 0.5) is 0 Å². The lowest BCUT2D eigenvalue weighted by Gasteiger charge is -2.24. The van der Waals surface area contributed by atoms with Crippen LogP contribution in [0.3, 0.4) is 0 Å². The molecule has 35 heavy (non-hydrogen) atoms. The molecule has 2 rings (SSSR count). The van der Waals surface area contributed by atoms with Crippen LogP contribution in [0.1, 0.15) is 31.7 Å². The minimum atomic E-state index is -1.35. The monoisotopic (exact) mass is 490 g/mol. The highest BCUT2D eigenvalue weighted by Crippen LogP contribution is 2.18. The fraction of sp³-hybridized carbons (Fsp3) is 0.478. The molecule has 12 nitrogen and oxygen atoms in total. The van der Waals surface area contributed by atoms with Crippen molar-refractivity contribution in [1.29, 1.82) is 0 Å². The summed E-state index contributed by atoms with van der Waals surface area (Å²) in [4.78, 5) is 52.0. The third-order valence-corrected chi connectivity index (χ3v) is 5.58. The van der Waals surface area contributed by atoms with E-state index >= 15 is 0 Å². The van der Waals surface area contributed by atoms with Crippen LogP contribution >= 0.6 is 0 Å². The highest BCUT2D eigenvalue weighted by atomic mass is 16.4. The van der Waals surface area contributed by atoms with Gasteiger partial charge in [0.25, 0.3) is 0 Å². The lowest BCUT2D eigenvalue weighted by atomic mass is 10.0. The molecule has 1 aromatic carbocycles. The summed E-state index contributed by atoms with van der Waals surface area (Å²) < 4.78 is 0. The van der Waals surface area contributed by atoms with Crippen LogP contribution in [0.15, 0.2) is 30.5 Å². The zero-order chi connectivity index (χ0) is 26.0. The van der Waals surface area contributed by atoms with E-state index < -0.39 is 54.5 Å². The molecule has 1 heterocycles. The van der Waals surface area contributed by atoms with E-state index in [1.165, 1.54) is 6.92 Å². The summed E-state index contributed by atoms with van der Waals surface area (Å²) in [6.45, 7) is 0.961. The predicted molar refractivity (Wildman–Crippen MR) is 129 cm³/mol. The van der Waals surface area contributed by atoms with Gasteiger partial charge in [-0.3, -0.25) is 19.2 Å². The molecule has 1 aromatic heterocycles. The number of aliphatic hydroxyl groups excluding tert-OH is 1. The first-order valence-electron chi connectivity index (χ1n) is 11.4. The largest absolute Gasteiger partial charge is 0.480 e. The number of benzene rings is 1. The molecule has 12 heteroatoms. The second kappa shape index (κ2) is 13.4. The molecular weight excluding hydrogens is 456 g/mol. The van der Waals surface area contributed by atoms with Gasteiger partial charge in [-0.25, -0.2) is 0 Å². The number of carboxylic acids is 1. The van der Waals surface area contributed by atoms with Crippen molar-refractivity contribution in [3.63, 3.8) is 0 Å². The van der Waals surface area contributed by atoms with E-state index in [-0.39, 0.29) is 12.8 Å². The second-order valence-corrected chi connectivity index (χ2v) is 8.33. The van der Waals surface area contributed by atoms with Gasteiger partial charge in [0.05, 0.1) is 12.6 Å². The second-order valence-electron chi connectivity index (χ2n) is 8.33. The molecule has 192 valence electrons. The standard InChI is InChI=1S/C23H34N6O6/c1-13(23(34)35)27-21(32)18(8-4-5-9-24)28-22(33)19(12-30)29-20(31)16(25)10-14-11-26-17-7-3-2-6-15(14)17/h2-3,6-7,11,13,16,18-19,26,30H,4-5,8-10,12,24-25H2,1H3,(H,27,32)(H,28,33)(H,29,31)(H,34,35). The zero-order valence-corrected chi connectivity index (χ0v) is 19.6. The van der Waals surface area contributed by atoms with Gasteiger partial charge in [-0.05, 0) is 50.8 Å². The number of aliphatic carboxylic acids is 1. The Balaban J connectivity index is 2.01. The van der Waals surface area contributed by atoms with Crippen molar-refractivity contribution >= 4 is 34.6 Å². The number of carbonyl (C=O) groups is 4. The topological polar surface area (TPSA) is 213 Å². The molecule has 0 aliphatic heterocycles. The Bertz CT molecular complexity index is 1020. The third-order valence-electron chi connectivity index (χ3n) is 5.58. The molecule has 0 saturated heterocycles. The van der Waals surface area contributed by atoms with E-state index in [0.29, 0.717) is 19.4 Å². The number of fused-ring (bicyclic) bond motifs is 1. The Hall–Kier alpha value is -3.48. The van der Waals surface area contributed by atoms with E-state index in [2.05, 4.69) is 20.9 Å². The molecule has 0 bridgehead atoms. The number of unbranched alkanes of at least 4 members (excludes halogenated alkanes) is 1. The maximum atomic E-state index is 12.7. The lowest BCUT2D eigenvalue weighted by molar-refractivity contribution is -0.141. The molecule has 0 radical (unpaired) electrons. The van der Waals surface area contributed by atoms with Crippen molar-refractivity contribution < 1.29 is 29.4 Å². The van der Waals surface area contributed by atoms with Crippen LogP contribution in [0.2, 0.25) is 0 Å². The van der Waals surface area contributed by atoms with Crippen LogP contribution in [0.5, 0.6) is 0 Å². The van der Waals surface area contributed by atoms with Crippen LogP contribution in [-0.4, -0.2) is 76.2 Å². The molecule has 0 saturated carbocycles. The van der Waals surface area contributed by atoms with Crippen molar-refractivity contribution in [2.75, 3.05) is 13.2 Å². The fourth-order valence-electron chi connectivity index (χ4n) is 3.51. The number of aromatic nitrogens is 1. The maximum absolute atomic E-state index is 12.7. The predicted octanol–water partition coefficient (Wildman–Crippen LogP) is -1.28. The number of aliphatic hydroxyl groups is 1. The van der Waals surface area contributed by atoms with Crippen molar-refractivity contribution in [2.45, 2.75) is 56.8 Å². The van der Waals surface area contributed by atoms with Crippen LogP contribution < -0.4 is 27.4 Å². The summed E-state index contributed by atoms with van der Waals surface area (Å²) in [5.74, 6) is -3.36. The highest BCUT2D eigenvalue weighted by molar-refractivity contribution is 5.94. The van der Waals surface area contributed by atoms with Crippen molar-refractivity contribution in [3.05, 3.63) is 36.0 Å². The van der Waals surface area contributed by atoms with Gasteiger partial charge in [0, 0.05) is 17.1 Å². The van der Waals surface area contributed by atoms with Crippen LogP contribution in [0.25, 0.3) is 10.9 Å². The molecule has 4 atom stereocenters. The summed E-state index contributed by atoms with van der Waals surface area (Å²) in [6, 6.07) is 2.98. The van der Waals surface area contributed by atoms with Gasteiger partial charge in [-0.2, -0.15) is 0 Å². The van der Waals surface area contributed by atoms with Crippen LogP contribution in [0, 0.1) is 0 Å². The first-order chi connectivity index (χ1) is 16.7. The number of H-pyrrole nitrogens is 1. The van der Waals surface area contributed by atoms with Gasteiger partial charge in [-0.15, -0.1) is 0 Å². The number of carboxylic acid groups (broad SMARTS) is 1. The number of para-hydroxylation sites is 1. The Morgan fingerprint density at radius 3 is 2.31 bits per heavy atom. The number of nitrogens with two attached hydrogens (primary N) is 2. The number of rotatable bonds is 14. The fourth-order valence-corrected chi connectivity index (χ4v) is 3.51. The molecule has 4 unspecified atom stereocenters. The number of amides is 3. The average Bonchev–Trinajstić information content (AvgIpc) is 3.24. The Morgan fingerprint density at radius 1 is 1.00 bits per heavy atom. The van der Waals surface area contributed by atoms with E-state index in [9.17, 15) is 24.3 Å². The maximum Gasteiger partial charge on any atom is 0.325 e. The van der Waals surface area contributed by atoms with Crippen molar-refractivity contribution in [2.24, 2.45) is 11.5 Å².